The first-order valence-electron chi connectivity index (χ1n) is 10.5. The molecule has 0 spiro atoms. The summed E-state index contributed by atoms with van der Waals surface area (Å²) in [5, 5.41) is 6.77. The predicted octanol–water partition coefficient (Wildman–Crippen LogP) is 2.51. The fourth-order valence-corrected chi connectivity index (χ4v) is 3.21. The Morgan fingerprint density at radius 2 is 2.07 bits per heavy atom. The monoisotopic (exact) mass is 390 g/mol. The van der Waals surface area contributed by atoms with Gasteiger partial charge in [-0.3, -0.25) is 9.89 Å². The molecule has 28 heavy (non-hydrogen) atoms. The van der Waals surface area contributed by atoms with Crippen LogP contribution in [-0.4, -0.2) is 70.5 Å². The standard InChI is InChI=1S/C22H38N4O2/c1-19(26(3)16-20-8-5-4-6-9-20)10-13-25-22(23-2)24-12-7-14-27-17-21-11-15-28-18-21/h4-6,8-9,19,21H,7,10-18H2,1-3H3,(H2,23,24,25). The van der Waals surface area contributed by atoms with E-state index in [1.807, 2.05) is 7.05 Å². The van der Waals surface area contributed by atoms with Gasteiger partial charge in [-0.1, -0.05) is 30.3 Å². The summed E-state index contributed by atoms with van der Waals surface area (Å²) >= 11 is 0. The molecule has 2 rings (SSSR count). The number of hydrogen-bond donors (Lipinski definition) is 2. The Bertz CT molecular complexity index is 547. The number of aliphatic imine (C=N–C) groups is 1. The quantitative estimate of drug-likeness (QED) is 0.326. The molecule has 0 radical (unpaired) electrons. The summed E-state index contributed by atoms with van der Waals surface area (Å²) in [6.45, 7) is 8.35. The molecule has 6 heteroatoms. The van der Waals surface area contributed by atoms with Crippen molar-refractivity contribution in [2.45, 2.75) is 38.8 Å². The van der Waals surface area contributed by atoms with Crippen LogP contribution in [0, 0.1) is 5.92 Å². The van der Waals surface area contributed by atoms with Gasteiger partial charge < -0.3 is 20.1 Å². The summed E-state index contributed by atoms with van der Waals surface area (Å²) in [4.78, 5) is 6.69. The van der Waals surface area contributed by atoms with E-state index in [4.69, 9.17) is 9.47 Å². The Kier molecular flexibility index (Phi) is 10.9. The lowest BCUT2D eigenvalue weighted by Crippen LogP contribution is -2.40. The van der Waals surface area contributed by atoms with Gasteiger partial charge in [-0.15, -0.1) is 0 Å². The largest absolute Gasteiger partial charge is 0.381 e. The van der Waals surface area contributed by atoms with Crippen LogP contribution < -0.4 is 10.6 Å². The van der Waals surface area contributed by atoms with Gasteiger partial charge in [0.05, 0.1) is 13.2 Å². The smallest absolute Gasteiger partial charge is 0.190 e. The molecule has 2 N–H and O–H groups in total. The molecule has 1 fully saturated rings. The highest BCUT2D eigenvalue weighted by atomic mass is 16.5. The molecule has 2 atom stereocenters. The number of nitrogens with zero attached hydrogens (tertiary/aromatic N) is 2. The van der Waals surface area contributed by atoms with Crippen molar-refractivity contribution in [3.8, 4) is 0 Å². The van der Waals surface area contributed by atoms with Crippen LogP contribution in [0.3, 0.4) is 0 Å². The van der Waals surface area contributed by atoms with Crippen LogP contribution >= 0.6 is 0 Å². The number of rotatable bonds is 12. The summed E-state index contributed by atoms with van der Waals surface area (Å²) < 4.78 is 11.1. The van der Waals surface area contributed by atoms with E-state index >= 15 is 0 Å². The second kappa shape index (κ2) is 13.5. The van der Waals surface area contributed by atoms with Crippen molar-refractivity contribution in [3.63, 3.8) is 0 Å². The summed E-state index contributed by atoms with van der Waals surface area (Å²) in [6, 6.07) is 11.1. The maximum absolute atomic E-state index is 5.73. The fourth-order valence-electron chi connectivity index (χ4n) is 3.21. The lowest BCUT2D eigenvalue weighted by Gasteiger charge is -2.25. The van der Waals surface area contributed by atoms with Crippen LogP contribution in [-0.2, 0) is 16.0 Å². The zero-order chi connectivity index (χ0) is 20.0. The van der Waals surface area contributed by atoms with Crippen LogP contribution in [0.4, 0.5) is 0 Å². The van der Waals surface area contributed by atoms with Crippen LogP contribution in [0.25, 0.3) is 0 Å². The zero-order valence-corrected chi connectivity index (χ0v) is 17.8. The maximum Gasteiger partial charge on any atom is 0.190 e. The van der Waals surface area contributed by atoms with Crippen molar-refractivity contribution < 1.29 is 9.47 Å². The highest BCUT2D eigenvalue weighted by Gasteiger charge is 2.15. The molecule has 1 aliphatic rings. The first-order valence-corrected chi connectivity index (χ1v) is 10.5. The number of benzene rings is 1. The molecule has 0 amide bonds. The average Bonchev–Trinajstić information content (AvgIpc) is 3.23. The van der Waals surface area contributed by atoms with E-state index in [-0.39, 0.29) is 0 Å². The zero-order valence-electron chi connectivity index (χ0n) is 17.8. The van der Waals surface area contributed by atoms with Gasteiger partial charge in [-0.2, -0.15) is 0 Å². The minimum Gasteiger partial charge on any atom is -0.381 e. The van der Waals surface area contributed by atoms with Gasteiger partial charge in [0.15, 0.2) is 5.96 Å². The molecule has 1 aromatic carbocycles. The molecule has 1 saturated heterocycles. The van der Waals surface area contributed by atoms with Crippen LogP contribution in [0.15, 0.2) is 35.3 Å². The third-order valence-corrected chi connectivity index (χ3v) is 5.24. The summed E-state index contributed by atoms with van der Waals surface area (Å²) in [7, 11) is 4.00. The minimum absolute atomic E-state index is 0.499. The molecule has 1 aliphatic heterocycles. The molecule has 158 valence electrons. The average molecular weight is 391 g/mol. The summed E-state index contributed by atoms with van der Waals surface area (Å²) in [5.41, 5.74) is 1.35. The van der Waals surface area contributed by atoms with Crippen LogP contribution in [0.2, 0.25) is 0 Å². The topological polar surface area (TPSA) is 58.1 Å². The molecule has 1 heterocycles. The molecule has 0 saturated carbocycles. The summed E-state index contributed by atoms with van der Waals surface area (Å²) in [5.74, 6) is 1.45. The Hall–Kier alpha value is -1.63. The number of nitrogens with one attached hydrogen (secondary N) is 2. The van der Waals surface area contributed by atoms with Crippen LogP contribution in [0.5, 0.6) is 0 Å². The first kappa shape index (κ1) is 22.7. The van der Waals surface area contributed by atoms with E-state index in [2.05, 4.69) is 64.8 Å². The van der Waals surface area contributed by atoms with E-state index in [0.29, 0.717) is 12.0 Å². The number of hydrogen-bond acceptors (Lipinski definition) is 4. The lowest BCUT2D eigenvalue weighted by molar-refractivity contribution is 0.0888. The third kappa shape index (κ3) is 9.04. The van der Waals surface area contributed by atoms with E-state index in [9.17, 15) is 0 Å². The van der Waals surface area contributed by atoms with Gasteiger partial charge in [0, 0.05) is 51.9 Å². The normalized spacial score (nSPS) is 18.4. The second-order valence-electron chi connectivity index (χ2n) is 7.62. The van der Waals surface area contributed by atoms with Gasteiger partial charge in [0.25, 0.3) is 0 Å². The minimum atomic E-state index is 0.499. The Labute approximate surface area is 170 Å². The van der Waals surface area contributed by atoms with Crippen molar-refractivity contribution in [1.29, 1.82) is 0 Å². The van der Waals surface area contributed by atoms with Crippen LogP contribution in [0.1, 0.15) is 31.7 Å². The van der Waals surface area contributed by atoms with E-state index < -0.39 is 0 Å². The Morgan fingerprint density at radius 3 is 2.79 bits per heavy atom. The summed E-state index contributed by atoms with van der Waals surface area (Å²) in [6.07, 6.45) is 3.18. The SMILES string of the molecule is CN=C(NCCCOCC1CCOC1)NCCC(C)N(C)Cc1ccccc1. The molecule has 6 nitrogen and oxygen atoms in total. The molecule has 0 aromatic heterocycles. The van der Waals surface area contributed by atoms with Crippen molar-refractivity contribution in [2.24, 2.45) is 10.9 Å². The molecule has 2 unspecified atom stereocenters. The van der Waals surface area contributed by atoms with Crippen molar-refractivity contribution >= 4 is 5.96 Å². The molecule has 0 aliphatic carbocycles. The predicted molar refractivity (Wildman–Crippen MR) is 116 cm³/mol. The van der Waals surface area contributed by atoms with Crippen molar-refractivity contribution in [2.75, 3.05) is 53.6 Å². The highest BCUT2D eigenvalue weighted by Crippen LogP contribution is 2.12. The lowest BCUT2D eigenvalue weighted by atomic mass is 10.1. The Balaban J connectivity index is 1.51. The van der Waals surface area contributed by atoms with Gasteiger partial charge >= 0.3 is 0 Å². The first-order chi connectivity index (χ1) is 13.7. The molecular formula is C22H38N4O2. The van der Waals surface area contributed by atoms with E-state index in [0.717, 1.165) is 71.3 Å². The van der Waals surface area contributed by atoms with Gasteiger partial charge in [-0.25, -0.2) is 0 Å². The fraction of sp³-hybridized carbons (Fsp3) is 0.682. The Morgan fingerprint density at radius 1 is 1.29 bits per heavy atom. The van der Waals surface area contributed by atoms with Crippen molar-refractivity contribution in [3.05, 3.63) is 35.9 Å². The second-order valence-corrected chi connectivity index (χ2v) is 7.62. The molecule has 1 aromatic rings. The van der Waals surface area contributed by atoms with E-state index in [1.165, 1.54) is 5.56 Å². The number of guanidine groups is 1. The van der Waals surface area contributed by atoms with Gasteiger partial charge in [0.2, 0.25) is 0 Å². The molecule has 0 bridgehead atoms. The third-order valence-electron chi connectivity index (χ3n) is 5.24. The van der Waals surface area contributed by atoms with Gasteiger partial charge in [-0.05, 0) is 38.8 Å². The number of ether oxygens (including phenoxy) is 2. The van der Waals surface area contributed by atoms with Crippen molar-refractivity contribution in [1.82, 2.24) is 15.5 Å². The molecular weight excluding hydrogens is 352 g/mol. The highest BCUT2D eigenvalue weighted by molar-refractivity contribution is 5.79. The van der Waals surface area contributed by atoms with Gasteiger partial charge in [0.1, 0.15) is 0 Å². The van der Waals surface area contributed by atoms with E-state index in [1.54, 1.807) is 0 Å². The maximum atomic E-state index is 5.73.